The summed E-state index contributed by atoms with van der Waals surface area (Å²) in [5.74, 6) is 0.537. The summed E-state index contributed by atoms with van der Waals surface area (Å²) in [6, 6.07) is 9.04. The number of nitrogens with one attached hydrogen (secondary N) is 1. The summed E-state index contributed by atoms with van der Waals surface area (Å²) in [4.78, 5) is 11.0. The van der Waals surface area contributed by atoms with Crippen molar-refractivity contribution < 1.29 is 9.53 Å². The smallest absolute Gasteiger partial charge is 0.305 e. The lowest BCUT2D eigenvalue weighted by Crippen LogP contribution is -2.40. The average Bonchev–Trinajstić information content (AvgIpc) is 2.37. The van der Waals surface area contributed by atoms with E-state index in [1.54, 1.807) is 0 Å². The molecule has 104 valence electrons. The Morgan fingerprint density at radius 3 is 2.84 bits per heavy atom. The van der Waals surface area contributed by atoms with E-state index >= 15 is 0 Å². The number of esters is 1. The molecule has 1 aromatic carbocycles. The summed E-state index contributed by atoms with van der Waals surface area (Å²) >= 11 is 3.61. The summed E-state index contributed by atoms with van der Waals surface area (Å²) in [6.07, 6.45) is 3.72. The van der Waals surface area contributed by atoms with Crippen molar-refractivity contribution in [1.82, 2.24) is 5.32 Å². The van der Waals surface area contributed by atoms with Crippen molar-refractivity contribution in [3.63, 3.8) is 0 Å². The van der Waals surface area contributed by atoms with Gasteiger partial charge in [0.05, 0.1) is 7.11 Å². The Kier molecular flexibility index (Phi) is 5.40. The van der Waals surface area contributed by atoms with E-state index in [0.29, 0.717) is 18.4 Å². The molecular formula is C15H20BrNO2. The lowest BCUT2D eigenvalue weighted by atomic mass is 9.76. The third-order valence-corrected chi connectivity index (χ3v) is 4.42. The summed E-state index contributed by atoms with van der Waals surface area (Å²) < 4.78 is 5.83. The molecule has 1 N–H and O–H groups in total. The van der Waals surface area contributed by atoms with Gasteiger partial charge in [0.25, 0.3) is 0 Å². The summed E-state index contributed by atoms with van der Waals surface area (Å²) in [7, 11) is 1.43. The topological polar surface area (TPSA) is 38.3 Å². The monoisotopic (exact) mass is 325 g/mol. The van der Waals surface area contributed by atoms with Crippen LogP contribution in [-0.2, 0) is 9.53 Å². The number of methoxy groups -OCH3 is 1. The van der Waals surface area contributed by atoms with Gasteiger partial charge in [0.2, 0.25) is 0 Å². The van der Waals surface area contributed by atoms with Crippen molar-refractivity contribution >= 4 is 21.9 Å². The van der Waals surface area contributed by atoms with E-state index in [1.165, 1.54) is 30.0 Å². The summed E-state index contributed by atoms with van der Waals surface area (Å²) in [5.41, 5.74) is 1.41. The van der Waals surface area contributed by atoms with E-state index in [9.17, 15) is 4.79 Å². The Morgan fingerprint density at radius 2 is 2.16 bits per heavy atom. The van der Waals surface area contributed by atoms with Crippen LogP contribution in [0.25, 0.3) is 0 Å². The number of hydrogen-bond donors (Lipinski definition) is 1. The van der Waals surface area contributed by atoms with Crippen molar-refractivity contribution in [3.8, 4) is 0 Å². The largest absolute Gasteiger partial charge is 0.469 e. The predicted octanol–water partition coefficient (Wildman–Crippen LogP) is 3.24. The van der Waals surface area contributed by atoms with E-state index in [2.05, 4.69) is 50.2 Å². The standard InChI is InChI=1S/C15H20BrNO2/c1-19-15(18)7-4-8-17-12-9-11(10-12)13-5-2-3-6-14(13)16/h2-3,5-6,11-12,17H,4,7-10H2,1H3. The molecule has 0 bridgehead atoms. The Morgan fingerprint density at radius 1 is 1.42 bits per heavy atom. The van der Waals surface area contributed by atoms with Gasteiger partial charge >= 0.3 is 5.97 Å². The normalized spacial score (nSPS) is 21.8. The van der Waals surface area contributed by atoms with Gasteiger partial charge in [0, 0.05) is 16.9 Å². The van der Waals surface area contributed by atoms with Gasteiger partial charge < -0.3 is 10.1 Å². The highest BCUT2D eigenvalue weighted by Gasteiger charge is 2.30. The first kappa shape index (κ1) is 14.5. The number of benzene rings is 1. The molecule has 1 aliphatic carbocycles. The average molecular weight is 326 g/mol. The second-order valence-corrected chi connectivity index (χ2v) is 5.87. The predicted molar refractivity (Wildman–Crippen MR) is 79.2 cm³/mol. The highest BCUT2D eigenvalue weighted by molar-refractivity contribution is 9.10. The maximum absolute atomic E-state index is 11.0. The van der Waals surface area contributed by atoms with Crippen molar-refractivity contribution in [3.05, 3.63) is 34.3 Å². The zero-order valence-electron chi connectivity index (χ0n) is 11.2. The van der Waals surface area contributed by atoms with E-state index in [1.807, 2.05) is 0 Å². The molecule has 1 saturated carbocycles. The Hall–Kier alpha value is -0.870. The first-order valence-corrected chi connectivity index (χ1v) is 7.54. The molecule has 0 unspecified atom stereocenters. The fourth-order valence-electron chi connectivity index (χ4n) is 2.49. The van der Waals surface area contributed by atoms with Crippen LogP contribution in [0.15, 0.2) is 28.7 Å². The number of rotatable bonds is 6. The quantitative estimate of drug-likeness (QED) is 0.644. The minimum atomic E-state index is -0.124. The molecule has 0 heterocycles. The molecule has 1 aromatic rings. The van der Waals surface area contributed by atoms with Crippen molar-refractivity contribution in [2.75, 3.05) is 13.7 Å². The number of hydrogen-bond acceptors (Lipinski definition) is 3. The van der Waals surface area contributed by atoms with Crippen LogP contribution >= 0.6 is 15.9 Å². The van der Waals surface area contributed by atoms with Gasteiger partial charge in [0.15, 0.2) is 0 Å². The van der Waals surface area contributed by atoms with E-state index in [-0.39, 0.29) is 5.97 Å². The molecule has 1 aliphatic rings. The zero-order chi connectivity index (χ0) is 13.7. The molecule has 0 saturated heterocycles. The van der Waals surface area contributed by atoms with Crippen LogP contribution in [-0.4, -0.2) is 25.7 Å². The first-order chi connectivity index (χ1) is 9.20. The molecule has 0 aromatic heterocycles. The van der Waals surface area contributed by atoms with Crippen molar-refractivity contribution in [1.29, 1.82) is 0 Å². The highest BCUT2D eigenvalue weighted by Crippen LogP contribution is 2.39. The van der Waals surface area contributed by atoms with Gasteiger partial charge in [-0.25, -0.2) is 0 Å². The fraction of sp³-hybridized carbons (Fsp3) is 0.533. The minimum absolute atomic E-state index is 0.124. The SMILES string of the molecule is COC(=O)CCCNC1CC(c2ccccc2Br)C1. The van der Waals surface area contributed by atoms with Crippen molar-refractivity contribution in [2.24, 2.45) is 0 Å². The molecule has 3 nitrogen and oxygen atoms in total. The number of carbonyl (C=O) groups excluding carboxylic acids is 1. The second-order valence-electron chi connectivity index (χ2n) is 5.02. The third-order valence-electron chi connectivity index (χ3n) is 3.70. The molecular weight excluding hydrogens is 306 g/mol. The fourth-order valence-corrected chi connectivity index (χ4v) is 3.09. The maximum atomic E-state index is 11.0. The van der Waals surface area contributed by atoms with E-state index in [4.69, 9.17) is 0 Å². The number of halogens is 1. The maximum Gasteiger partial charge on any atom is 0.305 e. The van der Waals surface area contributed by atoms with Crippen LogP contribution in [0.5, 0.6) is 0 Å². The third kappa shape index (κ3) is 4.05. The minimum Gasteiger partial charge on any atom is -0.469 e. The van der Waals surface area contributed by atoms with Gasteiger partial charge in [-0.3, -0.25) is 4.79 Å². The van der Waals surface area contributed by atoms with Gasteiger partial charge in [-0.2, -0.15) is 0 Å². The van der Waals surface area contributed by atoms with Crippen LogP contribution in [0.3, 0.4) is 0 Å². The summed E-state index contributed by atoms with van der Waals surface area (Å²) in [5, 5.41) is 3.49. The first-order valence-electron chi connectivity index (χ1n) is 6.75. The Balaban J connectivity index is 1.64. The number of ether oxygens (including phenoxy) is 1. The molecule has 19 heavy (non-hydrogen) atoms. The van der Waals surface area contributed by atoms with Crippen LogP contribution in [0.1, 0.15) is 37.2 Å². The number of carbonyl (C=O) groups is 1. The molecule has 1 fully saturated rings. The van der Waals surface area contributed by atoms with Gasteiger partial charge in [-0.1, -0.05) is 34.1 Å². The molecule has 4 heteroatoms. The lowest BCUT2D eigenvalue weighted by Gasteiger charge is -2.37. The van der Waals surface area contributed by atoms with Gasteiger partial charge in [-0.15, -0.1) is 0 Å². The molecule has 0 radical (unpaired) electrons. The Labute approximate surface area is 122 Å². The van der Waals surface area contributed by atoms with Gasteiger partial charge in [0.1, 0.15) is 0 Å². The molecule has 0 amide bonds. The van der Waals surface area contributed by atoms with Crippen LogP contribution in [0, 0.1) is 0 Å². The molecule has 0 aliphatic heterocycles. The summed E-state index contributed by atoms with van der Waals surface area (Å²) in [6.45, 7) is 0.891. The van der Waals surface area contributed by atoms with E-state index < -0.39 is 0 Å². The van der Waals surface area contributed by atoms with Crippen molar-refractivity contribution in [2.45, 2.75) is 37.6 Å². The lowest BCUT2D eigenvalue weighted by molar-refractivity contribution is -0.140. The molecule has 0 spiro atoms. The molecule has 0 atom stereocenters. The Bertz CT molecular complexity index is 430. The van der Waals surface area contributed by atoms with Crippen LogP contribution in [0.2, 0.25) is 0 Å². The van der Waals surface area contributed by atoms with Gasteiger partial charge in [-0.05, 0) is 43.4 Å². The van der Waals surface area contributed by atoms with Crippen LogP contribution < -0.4 is 5.32 Å². The molecule has 2 rings (SSSR count). The van der Waals surface area contributed by atoms with E-state index in [0.717, 1.165) is 13.0 Å². The second kappa shape index (κ2) is 7.06. The zero-order valence-corrected chi connectivity index (χ0v) is 12.8. The van der Waals surface area contributed by atoms with Crippen LogP contribution in [0.4, 0.5) is 0 Å². The highest BCUT2D eigenvalue weighted by atomic mass is 79.9.